The Bertz CT molecular complexity index is 1490. The first-order valence-corrected chi connectivity index (χ1v) is 16.1. The van der Waals surface area contributed by atoms with Crippen molar-refractivity contribution in [2.24, 2.45) is 0 Å². The van der Waals surface area contributed by atoms with Crippen LogP contribution in [0.4, 0.5) is 5.95 Å². The van der Waals surface area contributed by atoms with Crippen molar-refractivity contribution in [2.45, 2.75) is 70.3 Å². The monoisotopic (exact) mass is 622 g/mol. The third kappa shape index (κ3) is 5.70. The molecule has 2 fully saturated rings. The second kappa shape index (κ2) is 11.6. The van der Waals surface area contributed by atoms with Gasteiger partial charge in [-0.25, -0.2) is 10.1 Å². The number of aliphatic hydroxyl groups excluding tert-OH is 1. The van der Waals surface area contributed by atoms with Gasteiger partial charge in [0.2, 0.25) is 11.8 Å². The highest BCUT2D eigenvalue weighted by atomic mass is 32.5. The lowest BCUT2D eigenvalue weighted by molar-refractivity contribution is -0.209. The lowest BCUT2D eigenvalue weighted by atomic mass is 9.92. The summed E-state index contributed by atoms with van der Waals surface area (Å²) < 4.78 is 37.5. The molecule has 2 saturated heterocycles. The quantitative estimate of drug-likeness (QED) is 0.198. The molecule has 1 aromatic carbocycles. The van der Waals surface area contributed by atoms with Crippen LogP contribution in [0.25, 0.3) is 11.2 Å². The lowest BCUT2D eigenvalue weighted by Crippen LogP contribution is -2.46. The van der Waals surface area contributed by atoms with E-state index in [2.05, 4.69) is 20.0 Å². The highest BCUT2D eigenvalue weighted by Gasteiger charge is 2.69. The zero-order valence-corrected chi connectivity index (χ0v) is 25.6. The average Bonchev–Trinajstić information content (AvgIpc) is 3.53. The van der Waals surface area contributed by atoms with Crippen molar-refractivity contribution < 1.29 is 37.9 Å². The number of carbonyl (C=O) groups is 1. The van der Waals surface area contributed by atoms with Crippen LogP contribution in [-0.4, -0.2) is 79.9 Å². The van der Waals surface area contributed by atoms with Gasteiger partial charge in [-0.1, -0.05) is 18.2 Å². The Morgan fingerprint density at radius 1 is 1.31 bits per heavy atom. The molecule has 16 heteroatoms. The topological polar surface area (TPSA) is 174 Å². The first kappa shape index (κ1) is 30.5. The predicted molar refractivity (Wildman–Crippen MR) is 155 cm³/mol. The number of carbonyl (C=O) groups excluding carboxylic acids is 1. The summed E-state index contributed by atoms with van der Waals surface area (Å²) in [6.07, 6.45) is -0.804. The molecular formula is C26H35N6O8PS. The van der Waals surface area contributed by atoms with Crippen molar-refractivity contribution in [1.29, 1.82) is 0 Å². The van der Waals surface area contributed by atoms with E-state index in [0.717, 1.165) is 0 Å². The molecule has 2 aromatic heterocycles. The minimum Gasteiger partial charge on any atom is -0.476 e. The Kier molecular flexibility index (Phi) is 8.47. The maximum Gasteiger partial charge on any atom is 0.323 e. The molecule has 4 heterocycles. The number of hydrogen-bond acceptors (Lipinski definition) is 13. The molecule has 1 unspecified atom stereocenters. The second-order valence-corrected chi connectivity index (χ2v) is 13.7. The molecular weight excluding hydrogens is 587 g/mol. The van der Waals surface area contributed by atoms with E-state index in [9.17, 15) is 9.90 Å². The van der Waals surface area contributed by atoms with Gasteiger partial charge >= 0.3 is 12.6 Å². The van der Waals surface area contributed by atoms with Crippen LogP contribution in [0.5, 0.6) is 11.6 Å². The molecule has 42 heavy (non-hydrogen) atoms. The van der Waals surface area contributed by atoms with Crippen LogP contribution < -0.4 is 20.1 Å². The summed E-state index contributed by atoms with van der Waals surface area (Å²) in [5.74, 6) is 0.170. The Labute approximate surface area is 248 Å². The van der Waals surface area contributed by atoms with Gasteiger partial charge in [0.25, 0.3) is 0 Å². The molecule has 2 bridgehead atoms. The number of nitrogens with two attached hydrogens (primary N) is 1. The number of imidazole rings is 1. The molecule has 0 spiro atoms. The van der Waals surface area contributed by atoms with Gasteiger partial charge in [-0.3, -0.25) is 9.36 Å². The zero-order chi connectivity index (χ0) is 30.3. The van der Waals surface area contributed by atoms with Crippen LogP contribution in [-0.2, 0) is 35.3 Å². The molecule has 4 N–H and O–H groups in total. The summed E-state index contributed by atoms with van der Waals surface area (Å²) in [5, 5.41) is 14.5. The van der Waals surface area contributed by atoms with Crippen LogP contribution in [0.3, 0.4) is 0 Å². The highest BCUT2D eigenvalue weighted by molar-refractivity contribution is 8.09. The van der Waals surface area contributed by atoms with E-state index >= 15 is 0 Å². The van der Waals surface area contributed by atoms with Crippen LogP contribution >= 0.6 is 6.64 Å². The standard InChI is InChI=1S/C26H35N6O8PS/c1-6-35-20-18-19(29-24(27)30-20)32(14-28-18)23-25(5)22(34)26(39-23,12-36-25)13-37-41(42,40-17-10-8-7-9-11-17)31-16(4)21(33)38-15(2)3/h7-11,14-16,22-23,34H,6,12-13H2,1-5H3,(H,31,42)(H2,27,29,30)/t16-,22+,23-,25-,26-,41?/m1/s1. The zero-order valence-electron chi connectivity index (χ0n) is 23.9. The predicted octanol–water partition coefficient (Wildman–Crippen LogP) is 2.47. The SMILES string of the molecule is CCOc1nc(N)nc2c1ncn2[C@@H]1O[C@@]2(COP(=S)(N[C@H](C)C(=O)OC(C)C)Oc3ccccc3)CO[C@]1(C)[C@@H]2O. The average molecular weight is 623 g/mol. The molecule has 6 atom stereocenters. The molecule has 2 aliphatic heterocycles. The number of anilines is 1. The summed E-state index contributed by atoms with van der Waals surface area (Å²) in [6, 6.07) is 8.02. The maximum absolute atomic E-state index is 12.6. The van der Waals surface area contributed by atoms with Crippen molar-refractivity contribution in [1.82, 2.24) is 24.6 Å². The second-order valence-electron chi connectivity index (χ2n) is 10.6. The molecule has 3 aromatic rings. The first-order chi connectivity index (χ1) is 19.9. The number of nitrogens with zero attached hydrogens (tertiary/aromatic N) is 4. The van der Waals surface area contributed by atoms with Gasteiger partial charge in [-0.05, 0) is 58.6 Å². The lowest BCUT2D eigenvalue weighted by Gasteiger charge is -2.35. The van der Waals surface area contributed by atoms with Crippen LogP contribution in [0.2, 0.25) is 0 Å². The number of ether oxygens (including phenoxy) is 4. The van der Waals surface area contributed by atoms with E-state index in [1.54, 1.807) is 56.5 Å². The first-order valence-electron chi connectivity index (χ1n) is 13.5. The van der Waals surface area contributed by atoms with Gasteiger partial charge < -0.3 is 38.8 Å². The molecule has 0 aliphatic carbocycles. The van der Waals surface area contributed by atoms with Crippen molar-refractivity contribution in [3.8, 4) is 11.6 Å². The molecule has 2 aliphatic rings. The minimum absolute atomic E-state index is 0.00420. The number of fused-ring (bicyclic) bond motifs is 3. The van der Waals surface area contributed by atoms with E-state index < -0.39 is 42.2 Å². The number of rotatable bonds is 12. The Balaban J connectivity index is 1.41. The summed E-state index contributed by atoms with van der Waals surface area (Å²) in [7, 11) is 0. The summed E-state index contributed by atoms with van der Waals surface area (Å²) in [6.45, 7) is 5.43. The van der Waals surface area contributed by atoms with Crippen molar-refractivity contribution >= 4 is 41.5 Å². The molecule has 228 valence electrons. The minimum atomic E-state index is -3.41. The van der Waals surface area contributed by atoms with Crippen LogP contribution in [0.1, 0.15) is 40.8 Å². The van der Waals surface area contributed by atoms with Crippen molar-refractivity contribution in [3.05, 3.63) is 36.7 Å². The van der Waals surface area contributed by atoms with E-state index in [1.165, 1.54) is 6.33 Å². The number of aromatic nitrogens is 4. The Morgan fingerprint density at radius 2 is 2.05 bits per heavy atom. The molecule has 14 nitrogen and oxygen atoms in total. The fourth-order valence-corrected chi connectivity index (χ4v) is 7.37. The van der Waals surface area contributed by atoms with Crippen LogP contribution in [0, 0.1) is 0 Å². The molecule has 0 saturated carbocycles. The number of esters is 1. The Hall–Kier alpha value is -2.91. The maximum atomic E-state index is 12.6. The normalized spacial score (nSPS) is 27.2. The van der Waals surface area contributed by atoms with Gasteiger partial charge in [0.05, 0.1) is 32.3 Å². The van der Waals surface area contributed by atoms with E-state index in [4.69, 9.17) is 45.5 Å². The van der Waals surface area contributed by atoms with Gasteiger partial charge in [-0.15, -0.1) is 0 Å². The highest BCUT2D eigenvalue weighted by Crippen LogP contribution is 2.55. The number of benzene rings is 1. The number of hydrogen-bond donors (Lipinski definition) is 3. The fraction of sp³-hybridized carbons (Fsp3) is 0.538. The molecule has 0 amide bonds. The summed E-state index contributed by atoms with van der Waals surface area (Å²) in [4.78, 5) is 25.5. The third-order valence-corrected chi connectivity index (χ3v) is 9.43. The number of aliphatic hydroxyl groups is 1. The third-order valence-electron chi connectivity index (χ3n) is 6.95. The van der Waals surface area contributed by atoms with Crippen LogP contribution in [0.15, 0.2) is 36.7 Å². The molecule has 0 radical (unpaired) electrons. The van der Waals surface area contributed by atoms with E-state index in [1.807, 2.05) is 13.0 Å². The Morgan fingerprint density at radius 3 is 2.74 bits per heavy atom. The molecule has 5 rings (SSSR count). The largest absolute Gasteiger partial charge is 0.476 e. The smallest absolute Gasteiger partial charge is 0.323 e. The van der Waals surface area contributed by atoms with E-state index in [0.29, 0.717) is 23.5 Å². The summed E-state index contributed by atoms with van der Waals surface area (Å²) in [5.41, 5.74) is 4.16. The van der Waals surface area contributed by atoms with Crippen molar-refractivity contribution in [2.75, 3.05) is 25.6 Å². The van der Waals surface area contributed by atoms with Crippen molar-refractivity contribution in [3.63, 3.8) is 0 Å². The number of para-hydroxylation sites is 1. The fourth-order valence-electron chi connectivity index (χ4n) is 4.93. The van der Waals surface area contributed by atoms with Gasteiger partial charge in [0.1, 0.15) is 29.1 Å². The summed E-state index contributed by atoms with van der Waals surface area (Å²) >= 11 is 5.84. The number of nitrogen functional groups attached to an aromatic ring is 1. The van der Waals surface area contributed by atoms with Gasteiger partial charge in [-0.2, -0.15) is 9.97 Å². The van der Waals surface area contributed by atoms with Gasteiger partial charge in [0.15, 0.2) is 17.4 Å². The van der Waals surface area contributed by atoms with Gasteiger partial charge in [0, 0.05) is 0 Å². The number of nitrogens with one attached hydrogen (secondary N) is 1. The van der Waals surface area contributed by atoms with E-state index in [-0.39, 0.29) is 31.1 Å².